The van der Waals surface area contributed by atoms with Crippen LogP contribution in [0.3, 0.4) is 0 Å². The van der Waals surface area contributed by atoms with Gasteiger partial charge in [-0.2, -0.15) is 0 Å². The fourth-order valence-corrected chi connectivity index (χ4v) is 2.32. The second-order valence-corrected chi connectivity index (χ2v) is 6.46. The van der Waals surface area contributed by atoms with E-state index < -0.39 is 17.9 Å². The van der Waals surface area contributed by atoms with Gasteiger partial charge in [-0.1, -0.05) is 24.3 Å². The topological polar surface area (TPSA) is 96.5 Å². The number of hydrogen-bond acceptors (Lipinski definition) is 4. The molecule has 0 spiro atoms. The molecule has 0 saturated heterocycles. The summed E-state index contributed by atoms with van der Waals surface area (Å²) in [5.41, 5.74) is 7.48. The molecule has 0 aliphatic rings. The van der Waals surface area contributed by atoms with Crippen molar-refractivity contribution in [1.29, 1.82) is 0 Å². The van der Waals surface area contributed by atoms with Gasteiger partial charge < -0.3 is 10.1 Å². The molecule has 28 heavy (non-hydrogen) atoms. The van der Waals surface area contributed by atoms with Crippen molar-refractivity contribution in [3.63, 3.8) is 0 Å². The van der Waals surface area contributed by atoms with Gasteiger partial charge in [0.25, 0.3) is 5.91 Å². The average Bonchev–Trinajstić information content (AvgIpc) is 2.68. The van der Waals surface area contributed by atoms with Gasteiger partial charge in [-0.15, -0.1) is 0 Å². The number of amides is 3. The van der Waals surface area contributed by atoms with Crippen molar-refractivity contribution in [1.82, 2.24) is 10.9 Å². The van der Waals surface area contributed by atoms with Crippen LogP contribution >= 0.6 is 0 Å². The quantitative estimate of drug-likeness (QED) is 0.641. The fraction of sp³-hybridized carbons (Fsp3) is 0.286. The smallest absolute Gasteiger partial charge is 0.279 e. The zero-order chi connectivity index (χ0) is 20.5. The van der Waals surface area contributed by atoms with Crippen LogP contribution in [-0.4, -0.2) is 23.8 Å². The summed E-state index contributed by atoms with van der Waals surface area (Å²) in [6.45, 7) is 5.53. The summed E-state index contributed by atoms with van der Waals surface area (Å²) in [5, 5.41) is 2.75. The number of para-hydroxylation sites is 1. The first kappa shape index (κ1) is 21.0. The van der Waals surface area contributed by atoms with E-state index in [1.807, 2.05) is 38.1 Å². The molecular formula is C21H25N3O4. The van der Waals surface area contributed by atoms with Crippen molar-refractivity contribution in [2.45, 2.75) is 39.7 Å². The third-order valence-corrected chi connectivity index (χ3v) is 4.12. The number of hydrogen-bond donors (Lipinski definition) is 3. The maximum absolute atomic E-state index is 12.0. The van der Waals surface area contributed by atoms with E-state index in [1.54, 1.807) is 31.2 Å². The van der Waals surface area contributed by atoms with E-state index in [-0.39, 0.29) is 18.7 Å². The minimum atomic E-state index is -0.782. The predicted molar refractivity (Wildman–Crippen MR) is 107 cm³/mol. The Labute approximate surface area is 164 Å². The molecular weight excluding hydrogens is 358 g/mol. The molecule has 2 aromatic rings. The summed E-state index contributed by atoms with van der Waals surface area (Å²) in [6, 6.07) is 14.5. The summed E-state index contributed by atoms with van der Waals surface area (Å²) >= 11 is 0. The standard InChI is InChI=1S/C21H25N3O4/c1-14-9-10-17(13-15(14)2)22-19(25)11-12-20(26)23-24-21(27)16(3)28-18-7-5-4-6-8-18/h4-10,13,16H,11-12H2,1-3H3,(H,22,25)(H,23,26)(H,24,27). The second kappa shape index (κ2) is 10.1. The number of anilines is 1. The first-order chi connectivity index (χ1) is 13.3. The molecule has 0 saturated carbocycles. The van der Waals surface area contributed by atoms with Gasteiger partial charge in [0.2, 0.25) is 11.8 Å². The Hall–Kier alpha value is -3.35. The fourth-order valence-electron chi connectivity index (χ4n) is 2.32. The number of ether oxygens (including phenoxy) is 1. The number of carbonyl (C=O) groups is 3. The van der Waals surface area contributed by atoms with Crippen LogP contribution in [0.5, 0.6) is 5.75 Å². The van der Waals surface area contributed by atoms with Crippen molar-refractivity contribution >= 4 is 23.4 Å². The van der Waals surface area contributed by atoms with Gasteiger partial charge >= 0.3 is 0 Å². The lowest BCUT2D eigenvalue weighted by molar-refractivity contribution is -0.133. The van der Waals surface area contributed by atoms with Crippen LogP contribution in [0.25, 0.3) is 0 Å². The number of nitrogens with one attached hydrogen (secondary N) is 3. The monoisotopic (exact) mass is 383 g/mol. The minimum Gasteiger partial charge on any atom is -0.481 e. The highest BCUT2D eigenvalue weighted by atomic mass is 16.5. The van der Waals surface area contributed by atoms with Gasteiger partial charge in [0, 0.05) is 18.5 Å². The van der Waals surface area contributed by atoms with Crippen LogP contribution in [-0.2, 0) is 14.4 Å². The Balaban J connectivity index is 1.69. The highest BCUT2D eigenvalue weighted by Gasteiger charge is 2.15. The van der Waals surface area contributed by atoms with Crippen LogP contribution < -0.4 is 20.9 Å². The second-order valence-electron chi connectivity index (χ2n) is 6.46. The Morgan fingerprint density at radius 3 is 2.25 bits per heavy atom. The predicted octanol–water partition coefficient (Wildman–Crippen LogP) is 2.64. The van der Waals surface area contributed by atoms with Gasteiger partial charge in [0.15, 0.2) is 6.10 Å². The highest BCUT2D eigenvalue weighted by Crippen LogP contribution is 2.14. The molecule has 1 atom stereocenters. The Bertz CT molecular complexity index is 837. The molecule has 148 valence electrons. The highest BCUT2D eigenvalue weighted by molar-refractivity contribution is 5.93. The van der Waals surface area contributed by atoms with Crippen molar-refractivity contribution in [3.05, 3.63) is 59.7 Å². The molecule has 7 nitrogen and oxygen atoms in total. The van der Waals surface area contributed by atoms with Crippen LogP contribution in [0.4, 0.5) is 5.69 Å². The first-order valence-corrected chi connectivity index (χ1v) is 9.02. The largest absolute Gasteiger partial charge is 0.481 e. The van der Waals surface area contributed by atoms with Gasteiger partial charge in [-0.05, 0) is 56.2 Å². The SMILES string of the molecule is Cc1ccc(NC(=O)CCC(=O)NNC(=O)C(C)Oc2ccccc2)cc1C. The number of hydrazine groups is 1. The van der Waals surface area contributed by atoms with E-state index in [4.69, 9.17) is 4.74 Å². The van der Waals surface area contributed by atoms with E-state index in [0.717, 1.165) is 11.1 Å². The molecule has 0 bridgehead atoms. The van der Waals surface area contributed by atoms with E-state index >= 15 is 0 Å². The maximum Gasteiger partial charge on any atom is 0.279 e. The molecule has 0 aliphatic heterocycles. The summed E-state index contributed by atoms with van der Waals surface area (Å²) in [6.07, 6.45) is -0.828. The van der Waals surface area contributed by atoms with Crippen molar-refractivity contribution in [2.24, 2.45) is 0 Å². The van der Waals surface area contributed by atoms with Crippen LogP contribution in [0.1, 0.15) is 30.9 Å². The van der Waals surface area contributed by atoms with Crippen LogP contribution in [0, 0.1) is 13.8 Å². The lowest BCUT2D eigenvalue weighted by Gasteiger charge is -2.15. The zero-order valence-electron chi connectivity index (χ0n) is 16.2. The van der Waals surface area contributed by atoms with Crippen LogP contribution in [0.2, 0.25) is 0 Å². The van der Waals surface area contributed by atoms with E-state index in [1.165, 1.54) is 0 Å². The molecule has 0 heterocycles. The molecule has 3 amide bonds. The number of aryl methyl sites for hydroxylation is 2. The first-order valence-electron chi connectivity index (χ1n) is 9.02. The lowest BCUT2D eigenvalue weighted by Crippen LogP contribution is -2.47. The van der Waals surface area contributed by atoms with Gasteiger partial charge in [-0.3, -0.25) is 25.2 Å². The molecule has 0 aliphatic carbocycles. The number of benzene rings is 2. The van der Waals surface area contributed by atoms with E-state index in [2.05, 4.69) is 16.2 Å². The van der Waals surface area contributed by atoms with Crippen LogP contribution in [0.15, 0.2) is 48.5 Å². The Kier molecular flexibility index (Phi) is 7.56. The third kappa shape index (κ3) is 6.75. The van der Waals surface area contributed by atoms with Gasteiger partial charge in [0.1, 0.15) is 5.75 Å². The minimum absolute atomic E-state index is 0.00466. The molecule has 0 fully saturated rings. The Morgan fingerprint density at radius 1 is 0.893 bits per heavy atom. The number of carbonyl (C=O) groups excluding carboxylic acids is 3. The Morgan fingerprint density at radius 2 is 1.57 bits per heavy atom. The van der Waals surface area contributed by atoms with Crippen molar-refractivity contribution in [2.75, 3.05) is 5.32 Å². The van der Waals surface area contributed by atoms with Crippen molar-refractivity contribution < 1.29 is 19.1 Å². The molecule has 2 aromatic carbocycles. The summed E-state index contributed by atoms with van der Waals surface area (Å²) in [4.78, 5) is 35.8. The maximum atomic E-state index is 12.0. The van der Waals surface area contributed by atoms with Crippen molar-refractivity contribution in [3.8, 4) is 5.75 Å². The molecule has 1 unspecified atom stereocenters. The normalized spacial score (nSPS) is 11.2. The van der Waals surface area contributed by atoms with Gasteiger partial charge in [-0.25, -0.2) is 0 Å². The number of rotatable bonds is 7. The lowest BCUT2D eigenvalue weighted by atomic mass is 10.1. The summed E-state index contributed by atoms with van der Waals surface area (Å²) in [7, 11) is 0. The van der Waals surface area contributed by atoms with E-state index in [0.29, 0.717) is 11.4 Å². The summed E-state index contributed by atoms with van der Waals surface area (Å²) in [5.74, 6) is -0.669. The molecule has 0 aromatic heterocycles. The zero-order valence-corrected chi connectivity index (χ0v) is 16.2. The molecule has 3 N–H and O–H groups in total. The average molecular weight is 383 g/mol. The molecule has 0 radical (unpaired) electrons. The van der Waals surface area contributed by atoms with Gasteiger partial charge in [0.05, 0.1) is 0 Å². The molecule has 7 heteroatoms. The molecule has 2 rings (SSSR count). The summed E-state index contributed by atoms with van der Waals surface area (Å²) < 4.78 is 5.46. The van der Waals surface area contributed by atoms with E-state index in [9.17, 15) is 14.4 Å². The third-order valence-electron chi connectivity index (χ3n) is 4.12.